The average molecular weight is 2230 g/mol. The van der Waals surface area contributed by atoms with E-state index in [4.69, 9.17) is 18.6 Å². The summed E-state index contributed by atoms with van der Waals surface area (Å²) in [6.45, 7) is 30.5. The summed E-state index contributed by atoms with van der Waals surface area (Å²) >= 11 is 18.1. The summed E-state index contributed by atoms with van der Waals surface area (Å²) in [4.78, 5) is 18.8. The molecule has 1 aromatic heterocycles. The predicted octanol–water partition coefficient (Wildman–Crippen LogP) is 34.9. The number of halogens is 5. The molecule has 10 aromatic carbocycles. The van der Waals surface area contributed by atoms with Gasteiger partial charge in [-0.2, -0.15) is 0 Å². The van der Waals surface area contributed by atoms with Crippen molar-refractivity contribution in [2.24, 2.45) is 0 Å². The minimum absolute atomic E-state index is 0. The van der Waals surface area contributed by atoms with Crippen molar-refractivity contribution in [3.05, 3.63) is 292 Å². The number of pyridine rings is 1. The van der Waals surface area contributed by atoms with Crippen LogP contribution in [0.3, 0.4) is 0 Å². The summed E-state index contributed by atoms with van der Waals surface area (Å²) in [6.07, 6.45) is 40.6. The Morgan fingerprint density at radius 2 is 0.721 bits per heavy atom. The molecule has 2 aliphatic heterocycles. The van der Waals surface area contributed by atoms with Crippen LogP contribution in [0.15, 0.2) is 247 Å². The molecule has 685 valence electrons. The normalized spacial score (nSPS) is 15.5. The molecule has 15 rings (SSSR count). The zero-order valence-electron chi connectivity index (χ0n) is 79.3. The molecule has 1 atom stereocenters. The third-order valence-electron chi connectivity index (χ3n) is 28.2. The van der Waals surface area contributed by atoms with Gasteiger partial charge in [0, 0.05) is 83.2 Å². The molecule has 0 bridgehead atoms. The second kappa shape index (κ2) is 48.5. The number of hydrogen-bond acceptors (Lipinski definition) is 7. The van der Waals surface area contributed by atoms with Gasteiger partial charge in [0.15, 0.2) is 5.78 Å². The fourth-order valence-corrected chi connectivity index (χ4v) is 20.6. The monoisotopic (exact) mass is 2220 g/mol. The molecule has 2 aliphatic carbocycles. The van der Waals surface area contributed by atoms with E-state index < -0.39 is 14.2 Å². The summed E-state index contributed by atoms with van der Waals surface area (Å²) in [5, 5.41) is 2.36. The fourth-order valence-electron chi connectivity index (χ4n) is 19.0. The van der Waals surface area contributed by atoms with E-state index in [-0.39, 0.29) is 59.1 Å². The van der Waals surface area contributed by atoms with Crippen molar-refractivity contribution in [1.82, 2.24) is 4.98 Å². The second-order valence-electron chi connectivity index (χ2n) is 38.3. The van der Waals surface area contributed by atoms with Gasteiger partial charge in [-0.15, -0.1) is 29.8 Å². The minimum Gasteiger partial charge on any atom is -0.399 e. The Morgan fingerprint density at radius 1 is 0.380 bits per heavy atom. The summed E-state index contributed by atoms with van der Waals surface area (Å²) in [5.41, 5.74) is 21.4. The maximum absolute atomic E-state index is 12.0. The molecule has 15 heteroatoms. The fraction of sp³-hybridized carbons (Fsp3) is 0.439. The van der Waals surface area contributed by atoms with E-state index in [9.17, 15) is 4.79 Å². The van der Waals surface area contributed by atoms with E-state index in [1.807, 2.05) is 91.1 Å². The first-order valence-corrected chi connectivity index (χ1v) is 52.3. The molecule has 0 spiro atoms. The van der Waals surface area contributed by atoms with E-state index in [1.165, 1.54) is 211 Å². The first-order valence-electron chi connectivity index (χ1n) is 48.3. The van der Waals surface area contributed by atoms with Gasteiger partial charge < -0.3 is 28.5 Å². The quantitative estimate of drug-likeness (QED) is 0.0165. The maximum atomic E-state index is 12.0. The summed E-state index contributed by atoms with van der Waals surface area (Å²) < 4.78 is 30.7. The SMILES string of the molecule is Brc1cc[c-]c(-c2nccc3ccccc23)c1.CCC(C)c1ccc(N(c2ccc(B3OC(C)(C)C(C)(C)O3)cc2)c2ccc(B3OC(C)(C)C(C)(C)O3)cc2)cc1.CCCCCCCCC1(CCCCCCCC)c2cc(Br)ccc2-c2cc3c(cc21)-c1ccc(Br)cc1C3(CCCCCCCC)CCCCCCCC.O=C(c1ccc(Br)cc1)c1ccc(Br)cc1.[Ir]. The Kier molecular flexibility index (Phi) is 39.0. The number of ketones is 1. The van der Waals surface area contributed by atoms with E-state index in [0.717, 1.165) is 64.5 Å². The molecule has 2 fully saturated rings. The Morgan fingerprint density at radius 3 is 1.09 bits per heavy atom. The van der Waals surface area contributed by atoms with E-state index >= 15 is 0 Å². The molecule has 4 aliphatic rings. The van der Waals surface area contributed by atoms with Gasteiger partial charge in [-0.25, -0.2) is 0 Å². The molecule has 3 heterocycles. The summed E-state index contributed by atoms with van der Waals surface area (Å²) in [7, 11) is -0.784. The van der Waals surface area contributed by atoms with E-state index in [2.05, 4.69) is 326 Å². The number of benzene rings is 10. The third-order valence-corrected chi connectivity index (χ3v) is 30.7. The predicted molar refractivity (Wildman–Crippen MR) is 563 cm³/mol. The van der Waals surface area contributed by atoms with Crippen molar-refractivity contribution >= 4 is 138 Å². The van der Waals surface area contributed by atoms with Crippen LogP contribution in [0.2, 0.25) is 0 Å². The van der Waals surface area contributed by atoms with Crippen molar-refractivity contribution in [3.8, 4) is 33.5 Å². The van der Waals surface area contributed by atoms with Gasteiger partial charge in [0.25, 0.3) is 0 Å². The zero-order valence-corrected chi connectivity index (χ0v) is 89.6. The van der Waals surface area contributed by atoms with Crippen LogP contribution in [0.1, 0.15) is 333 Å². The topological polar surface area (TPSA) is 70.1 Å². The number of nitrogens with zero attached hydrogens (tertiary/aromatic N) is 2. The van der Waals surface area contributed by atoms with Crippen molar-refractivity contribution in [1.29, 1.82) is 0 Å². The summed E-state index contributed by atoms with van der Waals surface area (Å²) in [6, 6.07) is 80.3. The van der Waals surface area contributed by atoms with Crippen LogP contribution >= 0.6 is 79.6 Å². The third kappa shape index (κ3) is 25.8. The Bertz CT molecular complexity index is 5080. The van der Waals surface area contributed by atoms with E-state index in [0.29, 0.717) is 17.0 Å². The minimum atomic E-state index is -0.392. The number of aromatic nitrogens is 1. The number of rotatable bonds is 38. The number of anilines is 3. The molecule has 1 radical (unpaired) electrons. The van der Waals surface area contributed by atoms with Crippen LogP contribution in [-0.2, 0) is 49.6 Å². The van der Waals surface area contributed by atoms with Gasteiger partial charge in [-0.1, -0.05) is 353 Å². The molecule has 129 heavy (non-hydrogen) atoms. The molecule has 7 nitrogen and oxygen atoms in total. The Labute approximate surface area is 831 Å². The molecular weight excluding hydrogens is 2090 g/mol. The average Bonchev–Trinajstić information content (AvgIpc) is 1.53. The van der Waals surface area contributed by atoms with Crippen LogP contribution in [0.5, 0.6) is 0 Å². The molecule has 1 unspecified atom stereocenters. The second-order valence-corrected chi connectivity index (χ2v) is 42.9. The molecule has 11 aromatic rings. The maximum Gasteiger partial charge on any atom is 0.494 e. The van der Waals surface area contributed by atoms with Gasteiger partial charge in [0.2, 0.25) is 0 Å². The zero-order chi connectivity index (χ0) is 91.2. The number of carbonyl (C=O) groups excluding carboxylic acids is 1. The molecule has 2 saturated heterocycles. The molecule has 0 saturated carbocycles. The van der Waals surface area contributed by atoms with E-state index in [1.54, 1.807) is 33.4 Å². The van der Waals surface area contributed by atoms with Crippen molar-refractivity contribution < 1.29 is 43.5 Å². The van der Waals surface area contributed by atoms with Gasteiger partial charge in [0.1, 0.15) is 0 Å². The van der Waals surface area contributed by atoms with Gasteiger partial charge >= 0.3 is 14.2 Å². The number of fused-ring (bicyclic) bond motifs is 7. The van der Waals surface area contributed by atoms with Crippen molar-refractivity contribution in [2.45, 2.75) is 322 Å². The van der Waals surface area contributed by atoms with Crippen LogP contribution < -0.4 is 15.8 Å². The van der Waals surface area contributed by atoms with Gasteiger partial charge in [-0.05, 0) is 298 Å². The van der Waals surface area contributed by atoms with Crippen LogP contribution in [0.25, 0.3) is 44.3 Å². The molecule has 0 N–H and O–H groups in total. The first kappa shape index (κ1) is 104. The number of carbonyl (C=O) groups is 1. The van der Waals surface area contributed by atoms with Gasteiger partial charge in [-0.3, -0.25) is 4.79 Å². The first-order chi connectivity index (χ1) is 61.6. The smallest absolute Gasteiger partial charge is 0.399 e. The van der Waals surface area contributed by atoms with Crippen LogP contribution in [0.4, 0.5) is 17.1 Å². The van der Waals surface area contributed by atoms with Gasteiger partial charge in [0.05, 0.1) is 22.4 Å². The van der Waals surface area contributed by atoms with Crippen molar-refractivity contribution in [2.75, 3.05) is 4.90 Å². The molecule has 0 amide bonds. The Hall–Kier alpha value is -5.90. The standard InChI is InChI=1S/C52H76Br2.C34H45B2NO4.C15H9BrN.C13H8Br2O.Ir/c1-5-9-13-17-21-25-33-51(34-26-22-18-14-10-6-2)47-37-41(53)29-31-43(47)45-40-50-46(39-49(45)51)44-32-30-42(54)38-48(44)52(50,35-27-23-19-15-11-7-3)36-28-24-20-16-12-8-4;1-11-24(2)25-12-18-28(19-13-25)37(29-20-14-26(15-21-29)35-38-31(3,4)32(5,6)39-35)30-22-16-27(17-23-30)36-40-33(7,8)34(9,10)41-36;16-13-6-3-5-12(10-13)15-14-7-2-1-4-11(14)8-9-17-15;14-11-5-1-9(2-6-11)13(16)10-3-7-12(15)8-4-10;/h29-32,37-40H,5-28,33-36H2,1-4H3;12-24H,11H2,1-10H3;1-4,6-10H;1-8H;/q;;-1;;. The Balaban J connectivity index is 0.000000186. The number of hydrogen-bond donors (Lipinski definition) is 0. The van der Waals surface area contributed by atoms with Crippen LogP contribution in [-0.4, -0.2) is 47.4 Å². The van der Waals surface area contributed by atoms with Crippen molar-refractivity contribution in [3.63, 3.8) is 0 Å². The summed E-state index contributed by atoms with van der Waals surface area (Å²) in [5.74, 6) is 0.566. The molecular formula is C114H138B2Br5IrN2O5-. The van der Waals surface area contributed by atoms with Crippen LogP contribution in [0, 0.1) is 6.07 Å². The largest absolute Gasteiger partial charge is 0.494 e. The number of unbranched alkanes of at least 4 members (excludes halogenated alkanes) is 20.